The van der Waals surface area contributed by atoms with Gasteiger partial charge in [0.1, 0.15) is 11.8 Å². The van der Waals surface area contributed by atoms with Crippen molar-refractivity contribution < 1.29 is 14.3 Å². The molecule has 15 heavy (non-hydrogen) atoms. The first-order valence-electron chi connectivity index (χ1n) is 4.16. The molecule has 0 radical (unpaired) electrons. The molecule has 0 atom stereocenters. The van der Waals surface area contributed by atoms with E-state index < -0.39 is 5.97 Å². The number of rotatable bonds is 3. The summed E-state index contributed by atoms with van der Waals surface area (Å²) in [5, 5.41) is 8.31. The molecule has 0 aliphatic heterocycles. The van der Waals surface area contributed by atoms with E-state index in [1.165, 1.54) is 25.3 Å². The highest BCUT2D eigenvalue weighted by Crippen LogP contribution is 2.22. The topological polar surface area (TPSA) is 85.3 Å². The van der Waals surface area contributed by atoms with Gasteiger partial charge in [-0.15, -0.1) is 0 Å². The first-order valence-corrected chi connectivity index (χ1v) is 4.16. The number of esters is 1. The summed E-state index contributed by atoms with van der Waals surface area (Å²) in [4.78, 5) is 11.1. The van der Waals surface area contributed by atoms with Gasteiger partial charge in [-0.3, -0.25) is 0 Å². The van der Waals surface area contributed by atoms with Crippen LogP contribution < -0.4 is 10.5 Å². The third-order valence-corrected chi connectivity index (χ3v) is 1.72. The van der Waals surface area contributed by atoms with Crippen molar-refractivity contribution in [2.45, 2.75) is 0 Å². The minimum Gasteiger partial charge on any atom is -0.477 e. The van der Waals surface area contributed by atoms with Gasteiger partial charge in [-0.25, -0.2) is 4.79 Å². The fourth-order valence-corrected chi connectivity index (χ4v) is 1.03. The number of nitriles is 1. The summed E-state index contributed by atoms with van der Waals surface area (Å²) in [6, 6.07) is 6.31. The summed E-state index contributed by atoms with van der Waals surface area (Å²) in [5.74, 6) is -0.0854. The van der Waals surface area contributed by atoms with Crippen LogP contribution in [0.5, 0.6) is 5.75 Å². The number of hydrogen-bond donors (Lipinski definition) is 1. The van der Waals surface area contributed by atoms with E-state index in [-0.39, 0.29) is 6.61 Å². The van der Waals surface area contributed by atoms with Gasteiger partial charge < -0.3 is 15.2 Å². The van der Waals surface area contributed by atoms with Gasteiger partial charge in [0.05, 0.1) is 18.4 Å². The summed E-state index contributed by atoms with van der Waals surface area (Å²) in [7, 11) is 1.29. The van der Waals surface area contributed by atoms with Crippen LogP contribution in [0.15, 0.2) is 18.2 Å². The fraction of sp³-hybridized carbons (Fsp3) is 0.200. The number of hydrogen-bond acceptors (Lipinski definition) is 5. The number of nitrogen functional groups attached to an aromatic ring is 1. The molecule has 0 fully saturated rings. The molecule has 0 amide bonds. The highest BCUT2D eigenvalue weighted by Gasteiger charge is 2.08. The Hall–Kier alpha value is -2.22. The molecule has 5 heteroatoms. The highest BCUT2D eigenvalue weighted by molar-refractivity contribution is 5.90. The third-order valence-electron chi connectivity index (χ3n) is 1.72. The van der Waals surface area contributed by atoms with Crippen molar-refractivity contribution in [1.29, 1.82) is 5.26 Å². The predicted octanol–water partition coefficient (Wildman–Crippen LogP) is 0.958. The minimum absolute atomic E-state index is 0.0816. The lowest BCUT2D eigenvalue weighted by Gasteiger charge is -2.06. The standard InChI is InChI=1S/C10H10N2O3/c1-14-10(13)7-2-3-9(8(12)6-7)15-5-4-11/h2-3,6H,5,12H2,1H3. The molecule has 1 aromatic carbocycles. The van der Waals surface area contributed by atoms with Crippen molar-refractivity contribution in [2.24, 2.45) is 0 Å². The van der Waals surface area contributed by atoms with Gasteiger partial charge >= 0.3 is 5.97 Å². The van der Waals surface area contributed by atoms with Gasteiger partial charge in [0.15, 0.2) is 6.61 Å². The van der Waals surface area contributed by atoms with Crippen LogP contribution in [0.25, 0.3) is 0 Å². The largest absolute Gasteiger partial charge is 0.477 e. The monoisotopic (exact) mass is 206 g/mol. The zero-order chi connectivity index (χ0) is 11.3. The molecule has 0 aliphatic rings. The SMILES string of the molecule is COC(=O)c1ccc(OCC#N)c(N)c1. The number of nitrogens with zero attached hydrogens (tertiary/aromatic N) is 1. The average molecular weight is 206 g/mol. The van der Waals surface area contributed by atoms with Crippen LogP contribution in [0.3, 0.4) is 0 Å². The quantitative estimate of drug-likeness (QED) is 0.588. The van der Waals surface area contributed by atoms with E-state index in [1.54, 1.807) is 0 Å². The molecule has 0 unspecified atom stereocenters. The zero-order valence-electron chi connectivity index (χ0n) is 8.19. The number of carbonyl (C=O) groups is 1. The maximum absolute atomic E-state index is 11.1. The summed E-state index contributed by atoms with van der Waals surface area (Å²) in [6.07, 6.45) is 0. The van der Waals surface area contributed by atoms with Crippen LogP contribution >= 0.6 is 0 Å². The van der Waals surface area contributed by atoms with Gasteiger partial charge in [-0.1, -0.05) is 0 Å². The van der Waals surface area contributed by atoms with E-state index in [0.29, 0.717) is 17.0 Å². The summed E-state index contributed by atoms with van der Waals surface area (Å²) in [6.45, 7) is -0.0816. The number of benzene rings is 1. The van der Waals surface area contributed by atoms with E-state index in [2.05, 4.69) is 4.74 Å². The molecule has 5 nitrogen and oxygen atoms in total. The number of anilines is 1. The maximum Gasteiger partial charge on any atom is 0.337 e. The van der Waals surface area contributed by atoms with E-state index in [4.69, 9.17) is 15.7 Å². The predicted molar refractivity (Wildman–Crippen MR) is 53.3 cm³/mol. The van der Waals surface area contributed by atoms with Crippen LogP contribution in [0.1, 0.15) is 10.4 Å². The smallest absolute Gasteiger partial charge is 0.337 e. The molecule has 2 N–H and O–H groups in total. The second-order valence-corrected chi connectivity index (χ2v) is 2.69. The van der Waals surface area contributed by atoms with Gasteiger partial charge in [-0.05, 0) is 18.2 Å². The lowest BCUT2D eigenvalue weighted by atomic mass is 10.2. The second kappa shape index (κ2) is 4.86. The third kappa shape index (κ3) is 2.61. The Labute approximate surface area is 87.0 Å². The highest BCUT2D eigenvalue weighted by atomic mass is 16.5. The van der Waals surface area contributed by atoms with Crippen molar-refractivity contribution in [3.05, 3.63) is 23.8 Å². The number of carbonyl (C=O) groups excluding carboxylic acids is 1. The van der Waals surface area contributed by atoms with E-state index in [9.17, 15) is 4.79 Å². The lowest BCUT2D eigenvalue weighted by Crippen LogP contribution is -2.04. The first kappa shape index (κ1) is 10.9. The van der Waals surface area contributed by atoms with Gasteiger partial charge in [0.2, 0.25) is 0 Å². The second-order valence-electron chi connectivity index (χ2n) is 2.69. The van der Waals surface area contributed by atoms with Crippen molar-refractivity contribution in [2.75, 3.05) is 19.5 Å². The van der Waals surface area contributed by atoms with Crippen molar-refractivity contribution in [1.82, 2.24) is 0 Å². The van der Waals surface area contributed by atoms with Crippen molar-refractivity contribution >= 4 is 11.7 Å². The molecule has 78 valence electrons. The first-order chi connectivity index (χ1) is 7.19. The summed E-state index contributed by atoms with van der Waals surface area (Å²) < 4.78 is 9.54. The van der Waals surface area contributed by atoms with E-state index >= 15 is 0 Å². The van der Waals surface area contributed by atoms with Crippen LogP contribution in [0.4, 0.5) is 5.69 Å². The minimum atomic E-state index is -0.464. The van der Waals surface area contributed by atoms with E-state index in [1.807, 2.05) is 6.07 Å². The molecule has 1 aromatic rings. The molecule has 0 heterocycles. The van der Waals surface area contributed by atoms with Gasteiger partial charge in [0, 0.05) is 0 Å². The van der Waals surface area contributed by atoms with Crippen LogP contribution in [-0.4, -0.2) is 19.7 Å². The van der Waals surface area contributed by atoms with Gasteiger partial charge in [0.25, 0.3) is 0 Å². The molecule has 0 bridgehead atoms. The normalized spacial score (nSPS) is 9.07. The Morgan fingerprint density at radius 1 is 1.60 bits per heavy atom. The fourth-order valence-electron chi connectivity index (χ4n) is 1.03. The number of ether oxygens (including phenoxy) is 2. The van der Waals surface area contributed by atoms with Crippen LogP contribution in [-0.2, 0) is 4.74 Å². The van der Waals surface area contributed by atoms with Crippen LogP contribution in [0.2, 0.25) is 0 Å². The number of nitrogens with two attached hydrogens (primary N) is 1. The summed E-state index contributed by atoms with van der Waals surface area (Å²) >= 11 is 0. The molecule has 0 spiro atoms. The summed E-state index contributed by atoms with van der Waals surface area (Å²) in [5.41, 5.74) is 6.26. The molecular formula is C10H10N2O3. The molecule has 0 saturated heterocycles. The van der Waals surface area contributed by atoms with E-state index in [0.717, 1.165) is 0 Å². The Morgan fingerprint density at radius 2 is 2.33 bits per heavy atom. The molecule has 0 aliphatic carbocycles. The maximum atomic E-state index is 11.1. The number of methoxy groups -OCH3 is 1. The zero-order valence-corrected chi connectivity index (χ0v) is 8.19. The molecule has 0 saturated carbocycles. The Kier molecular flexibility index (Phi) is 3.52. The Balaban J connectivity index is 2.89. The average Bonchev–Trinajstić information content (AvgIpc) is 2.26. The van der Waals surface area contributed by atoms with Crippen LogP contribution in [0, 0.1) is 11.3 Å². The Morgan fingerprint density at radius 3 is 2.87 bits per heavy atom. The van der Waals surface area contributed by atoms with Crippen molar-refractivity contribution in [3.63, 3.8) is 0 Å². The lowest BCUT2D eigenvalue weighted by molar-refractivity contribution is 0.0601. The van der Waals surface area contributed by atoms with Crippen molar-refractivity contribution in [3.8, 4) is 11.8 Å². The van der Waals surface area contributed by atoms with Gasteiger partial charge in [-0.2, -0.15) is 5.26 Å². The molecule has 0 aromatic heterocycles. The Bertz CT molecular complexity index is 410. The molecular weight excluding hydrogens is 196 g/mol. The molecule has 1 rings (SSSR count).